The standard InChI is InChI=1S/C16H18F2N2O/c1-2-8-19-9-13-6-7-14(10-20-13)21-11-12-4-3-5-15(17)16(12)18/h3-7,10,19H,2,8-9,11H2,1H3. The lowest BCUT2D eigenvalue weighted by atomic mass is 10.2. The monoisotopic (exact) mass is 292 g/mol. The van der Waals surface area contributed by atoms with Crippen molar-refractivity contribution >= 4 is 0 Å². The number of hydrogen-bond acceptors (Lipinski definition) is 3. The maximum Gasteiger partial charge on any atom is 0.165 e. The second-order valence-electron chi connectivity index (χ2n) is 4.66. The van der Waals surface area contributed by atoms with E-state index in [1.165, 1.54) is 12.1 Å². The Kier molecular flexibility index (Phi) is 5.63. The van der Waals surface area contributed by atoms with Crippen molar-refractivity contribution in [2.75, 3.05) is 6.54 Å². The highest BCUT2D eigenvalue weighted by Gasteiger charge is 2.08. The van der Waals surface area contributed by atoms with Gasteiger partial charge in [-0.15, -0.1) is 0 Å². The van der Waals surface area contributed by atoms with Crippen LogP contribution in [0.5, 0.6) is 5.75 Å². The molecule has 0 aliphatic carbocycles. The molecule has 1 aromatic heterocycles. The normalized spacial score (nSPS) is 10.6. The van der Waals surface area contributed by atoms with Crippen LogP contribution in [0.15, 0.2) is 36.5 Å². The van der Waals surface area contributed by atoms with Gasteiger partial charge in [-0.2, -0.15) is 0 Å². The molecule has 0 unspecified atom stereocenters. The molecule has 0 radical (unpaired) electrons. The highest BCUT2D eigenvalue weighted by atomic mass is 19.2. The van der Waals surface area contributed by atoms with Crippen LogP contribution in [0, 0.1) is 11.6 Å². The van der Waals surface area contributed by atoms with E-state index in [-0.39, 0.29) is 12.2 Å². The molecular weight excluding hydrogens is 274 g/mol. The number of pyridine rings is 1. The summed E-state index contributed by atoms with van der Waals surface area (Å²) in [4.78, 5) is 4.25. The number of nitrogens with one attached hydrogen (secondary N) is 1. The maximum atomic E-state index is 13.5. The van der Waals surface area contributed by atoms with Crippen LogP contribution >= 0.6 is 0 Å². The van der Waals surface area contributed by atoms with E-state index >= 15 is 0 Å². The Labute approximate surface area is 123 Å². The van der Waals surface area contributed by atoms with Crippen LogP contribution in [-0.2, 0) is 13.2 Å². The zero-order valence-electron chi connectivity index (χ0n) is 11.9. The number of ether oxygens (including phenoxy) is 1. The Hall–Kier alpha value is -2.01. The summed E-state index contributed by atoms with van der Waals surface area (Å²) in [6.45, 7) is 3.72. The highest BCUT2D eigenvalue weighted by molar-refractivity contribution is 5.22. The first-order valence-corrected chi connectivity index (χ1v) is 6.92. The van der Waals surface area contributed by atoms with Crippen molar-refractivity contribution in [3.05, 3.63) is 59.4 Å². The third-order valence-electron chi connectivity index (χ3n) is 2.96. The molecule has 112 valence electrons. The van der Waals surface area contributed by atoms with Crippen molar-refractivity contribution in [1.82, 2.24) is 10.3 Å². The molecule has 21 heavy (non-hydrogen) atoms. The lowest BCUT2D eigenvalue weighted by Crippen LogP contribution is -2.14. The second kappa shape index (κ2) is 7.69. The quantitative estimate of drug-likeness (QED) is 0.794. The molecule has 0 spiro atoms. The van der Waals surface area contributed by atoms with E-state index in [1.807, 2.05) is 6.07 Å². The fourth-order valence-corrected chi connectivity index (χ4v) is 1.82. The van der Waals surface area contributed by atoms with Gasteiger partial charge < -0.3 is 10.1 Å². The minimum atomic E-state index is -0.870. The molecule has 2 rings (SSSR count). The summed E-state index contributed by atoms with van der Waals surface area (Å²) in [5.74, 6) is -1.21. The molecule has 0 bridgehead atoms. The Bertz CT molecular complexity index is 573. The first-order chi connectivity index (χ1) is 10.2. The lowest BCUT2D eigenvalue weighted by molar-refractivity contribution is 0.296. The van der Waals surface area contributed by atoms with Gasteiger partial charge in [-0.05, 0) is 31.2 Å². The van der Waals surface area contributed by atoms with E-state index in [9.17, 15) is 8.78 Å². The van der Waals surface area contributed by atoms with Crippen molar-refractivity contribution in [1.29, 1.82) is 0 Å². The summed E-state index contributed by atoms with van der Waals surface area (Å²) in [5.41, 5.74) is 1.09. The number of hydrogen-bond donors (Lipinski definition) is 1. The number of nitrogens with zero attached hydrogens (tertiary/aromatic N) is 1. The Morgan fingerprint density at radius 3 is 2.76 bits per heavy atom. The average molecular weight is 292 g/mol. The van der Waals surface area contributed by atoms with Crippen LogP contribution in [0.25, 0.3) is 0 Å². The molecular formula is C16H18F2N2O. The van der Waals surface area contributed by atoms with Crippen molar-refractivity contribution in [2.45, 2.75) is 26.5 Å². The number of rotatable bonds is 7. The third-order valence-corrected chi connectivity index (χ3v) is 2.96. The van der Waals surface area contributed by atoms with Gasteiger partial charge in [0.25, 0.3) is 0 Å². The molecule has 1 heterocycles. The maximum absolute atomic E-state index is 13.5. The van der Waals surface area contributed by atoms with E-state index in [1.54, 1.807) is 12.3 Å². The van der Waals surface area contributed by atoms with Crippen LogP contribution in [0.2, 0.25) is 0 Å². The smallest absolute Gasteiger partial charge is 0.165 e. The van der Waals surface area contributed by atoms with Crippen LogP contribution in [0.3, 0.4) is 0 Å². The predicted octanol–water partition coefficient (Wildman–Crippen LogP) is 3.44. The largest absolute Gasteiger partial charge is 0.487 e. The molecule has 0 fully saturated rings. The fraction of sp³-hybridized carbons (Fsp3) is 0.312. The summed E-state index contributed by atoms with van der Waals surface area (Å²) in [6.07, 6.45) is 2.65. The molecule has 0 aliphatic rings. The number of aromatic nitrogens is 1. The molecule has 2 aromatic rings. The van der Waals surface area contributed by atoms with Gasteiger partial charge in [0.2, 0.25) is 0 Å². The molecule has 1 aromatic carbocycles. The van der Waals surface area contributed by atoms with Gasteiger partial charge in [-0.3, -0.25) is 4.98 Å². The van der Waals surface area contributed by atoms with E-state index in [2.05, 4.69) is 17.2 Å². The minimum Gasteiger partial charge on any atom is -0.487 e. The van der Waals surface area contributed by atoms with Gasteiger partial charge in [-0.1, -0.05) is 19.1 Å². The molecule has 0 aliphatic heterocycles. The van der Waals surface area contributed by atoms with Crippen LogP contribution in [-0.4, -0.2) is 11.5 Å². The minimum absolute atomic E-state index is 0.0291. The summed E-state index contributed by atoms with van der Waals surface area (Å²) >= 11 is 0. The molecule has 3 nitrogen and oxygen atoms in total. The first kappa shape index (κ1) is 15.4. The van der Waals surface area contributed by atoms with Crippen molar-refractivity contribution in [3.63, 3.8) is 0 Å². The van der Waals surface area contributed by atoms with Crippen molar-refractivity contribution < 1.29 is 13.5 Å². The first-order valence-electron chi connectivity index (χ1n) is 6.92. The van der Waals surface area contributed by atoms with Crippen molar-refractivity contribution in [2.24, 2.45) is 0 Å². The Balaban J connectivity index is 1.90. The van der Waals surface area contributed by atoms with E-state index in [0.717, 1.165) is 24.7 Å². The van der Waals surface area contributed by atoms with Crippen molar-refractivity contribution in [3.8, 4) is 5.75 Å². The second-order valence-corrected chi connectivity index (χ2v) is 4.66. The highest BCUT2D eigenvalue weighted by Crippen LogP contribution is 2.15. The number of benzene rings is 1. The Morgan fingerprint density at radius 2 is 2.05 bits per heavy atom. The summed E-state index contributed by atoms with van der Waals surface area (Å²) in [6, 6.07) is 7.65. The van der Waals surface area contributed by atoms with Gasteiger partial charge >= 0.3 is 0 Å². The average Bonchev–Trinajstić information content (AvgIpc) is 2.50. The van der Waals surface area contributed by atoms with Gasteiger partial charge in [-0.25, -0.2) is 8.78 Å². The molecule has 0 amide bonds. The molecule has 0 saturated heterocycles. The van der Waals surface area contributed by atoms with Gasteiger partial charge in [0.05, 0.1) is 11.9 Å². The van der Waals surface area contributed by atoms with Crippen LogP contribution in [0.4, 0.5) is 8.78 Å². The summed E-state index contributed by atoms with van der Waals surface area (Å²) in [7, 11) is 0. The van der Waals surface area contributed by atoms with E-state index < -0.39 is 11.6 Å². The summed E-state index contributed by atoms with van der Waals surface area (Å²) < 4.78 is 31.9. The van der Waals surface area contributed by atoms with Crippen LogP contribution in [0.1, 0.15) is 24.6 Å². The Morgan fingerprint density at radius 1 is 1.19 bits per heavy atom. The van der Waals surface area contributed by atoms with Crippen LogP contribution < -0.4 is 10.1 Å². The molecule has 5 heteroatoms. The lowest BCUT2D eigenvalue weighted by Gasteiger charge is -2.08. The van der Waals surface area contributed by atoms with E-state index in [0.29, 0.717) is 12.3 Å². The van der Waals surface area contributed by atoms with E-state index in [4.69, 9.17) is 4.74 Å². The van der Waals surface area contributed by atoms with Gasteiger partial charge in [0.15, 0.2) is 11.6 Å². The predicted molar refractivity (Wildman–Crippen MR) is 76.9 cm³/mol. The molecule has 1 N–H and O–H groups in total. The van der Waals surface area contributed by atoms with Gasteiger partial charge in [0.1, 0.15) is 12.4 Å². The fourth-order valence-electron chi connectivity index (χ4n) is 1.82. The number of halogens is 2. The zero-order chi connectivity index (χ0) is 15.1. The summed E-state index contributed by atoms with van der Waals surface area (Å²) in [5, 5.41) is 3.25. The SMILES string of the molecule is CCCNCc1ccc(OCc2cccc(F)c2F)cn1. The van der Waals surface area contributed by atoms with Gasteiger partial charge in [0, 0.05) is 12.1 Å². The topological polar surface area (TPSA) is 34.1 Å². The zero-order valence-corrected chi connectivity index (χ0v) is 11.9. The molecule has 0 atom stereocenters. The third kappa shape index (κ3) is 4.49. The molecule has 0 saturated carbocycles.